The Labute approximate surface area is 147 Å². The predicted molar refractivity (Wildman–Crippen MR) is 94.5 cm³/mol. The molecular formula is C20H23NO4. The first-order valence-electron chi connectivity index (χ1n) is 8.37. The molecule has 1 amide bonds. The average molecular weight is 341 g/mol. The molecule has 5 nitrogen and oxygen atoms in total. The van der Waals surface area contributed by atoms with Crippen LogP contribution in [0.2, 0.25) is 0 Å². The van der Waals surface area contributed by atoms with Crippen molar-refractivity contribution >= 4 is 23.2 Å². The number of ether oxygens (including phenoxy) is 1. The summed E-state index contributed by atoms with van der Waals surface area (Å²) in [5.41, 5.74) is -0.806. The van der Waals surface area contributed by atoms with Crippen molar-refractivity contribution in [2.45, 2.75) is 39.7 Å². The fraction of sp³-hybridized carbons (Fsp3) is 0.450. The van der Waals surface area contributed by atoms with Gasteiger partial charge in [0, 0.05) is 12.1 Å². The molecule has 1 fully saturated rings. The number of nitrogens with zero attached hydrogens (tertiary/aromatic N) is 1. The second kappa shape index (κ2) is 5.55. The number of carbonyl (C=O) groups is 3. The van der Waals surface area contributed by atoms with Crippen LogP contribution in [0.25, 0.3) is 0 Å². The van der Waals surface area contributed by atoms with Gasteiger partial charge in [-0.05, 0) is 55.2 Å². The quantitative estimate of drug-likeness (QED) is 0.830. The van der Waals surface area contributed by atoms with E-state index in [4.69, 9.17) is 4.74 Å². The van der Waals surface area contributed by atoms with Gasteiger partial charge in [0.15, 0.2) is 11.6 Å². The maximum atomic E-state index is 13.1. The van der Waals surface area contributed by atoms with E-state index in [2.05, 4.69) is 0 Å². The van der Waals surface area contributed by atoms with Gasteiger partial charge in [0.05, 0.1) is 13.0 Å². The molecule has 1 aliphatic carbocycles. The molecule has 1 aromatic rings. The Morgan fingerprint density at radius 3 is 2.24 bits per heavy atom. The number of methoxy groups -OCH3 is 1. The molecule has 0 N–H and O–H groups in total. The number of Topliss-reactive ketones (excluding diaryl/α,β-unsaturated/α-hetero) is 1. The number of piperidine rings is 1. The molecule has 132 valence electrons. The number of anilines is 1. The van der Waals surface area contributed by atoms with Gasteiger partial charge in [-0.2, -0.15) is 0 Å². The van der Waals surface area contributed by atoms with Crippen molar-refractivity contribution in [2.75, 3.05) is 12.0 Å². The van der Waals surface area contributed by atoms with Gasteiger partial charge < -0.3 is 4.74 Å². The first kappa shape index (κ1) is 17.4. The Kier molecular flexibility index (Phi) is 3.86. The monoisotopic (exact) mass is 341 g/mol. The molecule has 3 rings (SSSR count). The minimum absolute atomic E-state index is 0.0874. The van der Waals surface area contributed by atoms with Crippen LogP contribution in [0, 0.1) is 11.3 Å². The van der Waals surface area contributed by atoms with Crippen molar-refractivity contribution < 1.29 is 19.1 Å². The summed E-state index contributed by atoms with van der Waals surface area (Å²) in [6.07, 6.45) is 1.64. The van der Waals surface area contributed by atoms with Gasteiger partial charge in [-0.15, -0.1) is 0 Å². The van der Waals surface area contributed by atoms with E-state index in [1.54, 1.807) is 45.2 Å². The van der Waals surface area contributed by atoms with Crippen LogP contribution >= 0.6 is 0 Å². The van der Waals surface area contributed by atoms with Gasteiger partial charge in [-0.3, -0.25) is 19.3 Å². The molecule has 25 heavy (non-hydrogen) atoms. The lowest BCUT2D eigenvalue weighted by atomic mass is 9.57. The van der Waals surface area contributed by atoms with Crippen molar-refractivity contribution in [2.24, 2.45) is 11.3 Å². The van der Waals surface area contributed by atoms with Crippen LogP contribution in [0.4, 0.5) is 5.69 Å². The molecule has 0 bridgehead atoms. The molecule has 5 heteroatoms. The minimum Gasteiger partial charge on any atom is -0.497 e. The van der Waals surface area contributed by atoms with Gasteiger partial charge in [0.1, 0.15) is 11.3 Å². The van der Waals surface area contributed by atoms with E-state index >= 15 is 0 Å². The third-order valence-electron chi connectivity index (χ3n) is 5.46. The zero-order valence-corrected chi connectivity index (χ0v) is 15.3. The largest absolute Gasteiger partial charge is 0.497 e. The van der Waals surface area contributed by atoms with E-state index in [1.807, 2.05) is 13.8 Å². The molecular weight excluding hydrogens is 318 g/mol. The highest BCUT2D eigenvalue weighted by atomic mass is 16.5. The standard InChI is InChI=1S/C20H23NO4/c1-12-10-15(22)17-19(2,3)11-16(23)21(20(17,4)18(12)24)13-6-8-14(25-5)9-7-13/h6-10,17H,11H2,1-5H3. The molecule has 1 aromatic carbocycles. The molecule has 0 spiro atoms. The smallest absolute Gasteiger partial charge is 0.228 e. The van der Waals surface area contributed by atoms with Crippen LogP contribution in [0.5, 0.6) is 5.75 Å². The van der Waals surface area contributed by atoms with E-state index in [0.717, 1.165) is 0 Å². The Morgan fingerprint density at radius 1 is 1.08 bits per heavy atom. The van der Waals surface area contributed by atoms with E-state index < -0.39 is 16.9 Å². The third-order valence-corrected chi connectivity index (χ3v) is 5.46. The summed E-state index contributed by atoms with van der Waals surface area (Å²) in [5.74, 6) is -0.317. The highest BCUT2D eigenvalue weighted by Crippen LogP contribution is 2.51. The Hall–Kier alpha value is -2.43. The summed E-state index contributed by atoms with van der Waals surface area (Å²) >= 11 is 0. The topological polar surface area (TPSA) is 63.7 Å². The van der Waals surface area contributed by atoms with Gasteiger partial charge >= 0.3 is 0 Å². The second-order valence-electron chi connectivity index (χ2n) is 7.73. The maximum absolute atomic E-state index is 13.1. The molecule has 0 saturated carbocycles. The van der Waals surface area contributed by atoms with Crippen molar-refractivity contribution in [1.82, 2.24) is 0 Å². The zero-order valence-electron chi connectivity index (χ0n) is 15.3. The number of rotatable bonds is 2. The highest BCUT2D eigenvalue weighted by molar-refractivity contribution is 6.20. The predicted octanol–water partition coefficient (Wildman–Crippen LogP) is 2.93. The number of carbonyl (C=O) groups excluding carboxylic acids is 3. The fourth-order valence-corrected chi connectivity index (χ4v) is 4.52. The number of hydrogen-bond acceptors (Lipinski definition) is 4. The van der Waals surface area contributed by atoms with Crippen molar-refractivity contribution in [1.29, 1.82) is 0 Å². The van der Waals surface area contributed by atoms with Gasteiger partial charge in [-0.25, -0.2) is 0 Å². The maximum Gasteiger partial charge on any atom is 0.228 e. The molecule has 1 aliphatic heterocycles. The van der Waals surface area contributed by atoms with Crippen molar-refractivity contribution in [3.8, 4) is 5.75 Å². The van der Waals surface area contributed by atoms with Crippen LogP contribution < -0.4 is 9.64 Å². The summed E-state index contributed by atoms with van der Waals surface area (Å²) in [6.45, 7) is 7.13. The van der Waals surface area contributed by atoms with E-state index in [9.17, 15) is 14.4 Å². The lowest BCUT2D eigenvalue weighted by Gasteiger charge is -2.55. The van der Waals surface area contributed by atoms with Crippen molar-refractivity contribution in [3.63, 3.8) is 0 Å². The number of amides is 1. The summed E-state index contributed by atoms with van der Waals surface area (Å²) in [6, 6.07) is 7.00. The number of hydrogen-bond donors (Lipinski definition) is 0. The first-order valence-corrected chi connectivity index (χ1v) is 8.37. The van der Waals surface area contributed by atoms with Crippen LogP contribution in [0.1, 0.15) is 34.1 Å². The molecule has 0 aromatic heterocycles. The minimum atomic E-state index is -1.22. The second-order valence-corrected chi connectivity index (χ2v) is 7.73. The molecule has 2 aliphatic rings. The van der Waals surface area contributed by atoms with E-state index in [1.165, 1.54) is 11.0 Å². The molecule has 1 heterocycles. The van der Waals surface area contributed by atoms with E-state index in [-0.39, 0.29) is 23.9 Å². The summed E-state index contributed by atoms with van der Waals surface area (Å²) < 4.78 is 5.17. The number of ketones is 2. The van der Waals surface area contributed by atoms with Crippen LogP contribution in [0.3, 0.4) is 0 Å². The van der Waals surface area contributed by atoms with Crippen LogP contribution in [0.15, 0.2) is 35.9 Å². The molecule has 0 radical (unpaired) electrons. The summed E-state index contributed by atoms with van der Waals surface area (Å²) in [7, 11) is 1.57. The highest BCUT2D eigenvalue weighted by Gasteiger charge is 2.62. The zero-order chi connectivity index (χ0) is 18.6. The summed E-state index contributed by atoms with van der Waals surface area (Å²) in [5, 5.41) is 0. The van der Waals surface area contributed by atoms with Crippen molar-refractivity contribution in [3.05, 3.63) is 35.9 Å². The molecule has 1 saturated heterocycles. The Morgan fingerprint density at radius 2 is 1.68 bits per heavy atom. The number of fused-ring (bicyclic) bond motifs is 1. The average Bonchev–Trinajstić information content (AvgIpc) is 2.52. The lowest BCUT2D eigenvalue weighted by molar-refractivity contribution is -0.144. The SMILES string of the molecule is COc1ccc(N2C(=O)CC(C)(C)C3C(=O)C=C(C)C(=O)C32C)cc1. The van der Waals surface area contributed by atoms with Crippen LogP contribution in [-0.4, -0.2) is 30.1 Å². The number of benzene rings is 1. The Balaban J connectivity index is 2.20. The molecule has 2 atom stereocenters. The number of allylic oxidation sites excluding steroid dienone is 1. The first-order chi connectivity index (χ1) is 11.6. The van der Waals surface area contributed by atoms with Crippen LogP contribution in [-0.2, 0) is 14.4 Å². The lowest BCUT2D eigenvalue weighted by Crippen LogP contribution is -2.70. The third kappa shape index (κ3) is 2.41. The summed E-state index contributed by atoms with van der Waals surface area (Å²) in [4.78, 5) is 40.4. The van der Waals surface area contributed by atoms with Gasteiger partial charge in [0.25, 0.3) is 0 Å². The normalized spacial score (nSPS) is 28.5. The van der Waals surface area contributed by atoms with Gasteiger partial charge in [0.2, 0.25) is 5.91 Å². The molecule has 2 unspecified atom stereocenters. The van der Waals surface area contributed by atoms with Gasteiger partial charge in [-0.1, -0.05) is 13.8 Å². The fourth-order valence-electron chi connectivity index (χ4n) is 4.52. The Bertz CT molecular complexity index is 790. The van der Waals surface area contributed by atoms with E-state index in [0.29, 0.717) is 17.0 Å².